The number of H-pyrrole nitrogens is 1. The van der Waals surface area contributed by atoms with Crippen molar-refractivity contribution in [1.29, 1.82) is 0 Å². The van der Waals surface area contributed by atoms with Crippen molar-refractivity contribution in [2.24, 2.45) is 5.41 Å². The number of hydrogen-bond acceptors (Lipinski definition) is 5. The van der Waals surface area contributed by atoms with Gasteiger partial charge in [-0.25, -0.2) is 9.37 Å². The zero-order valence-corrected chi connectivity index (χ0v) is 15.1. The van der Waals surface area contributed by atoms with E-state index in [1.807, 2.05) is 0 Å². The van der Waals surface area contributed by atoms with Crippen LogP contribution in [0.15, 0.2) is 24.3 Å². The lowest BCUT2D eigenvalue weighted by atomic mass is 9.92. The molecule has 0 atom stereocenters. The Bertz CT molecular complexity index is 822. The third kappa shape index (κ3) is 3.42. The van der Waals surface area contributed by atoms with E-state index in [4.69, 9.17) is 9.47 Å². The van der Waals surface area contributed by atoms with Crippen LogP contribution < -0.4 is 4.90 Å². The number of benzene rings is 1. The number of nitrogens with one attached hydrogen (secondary N) is 1. The van der Waals surface area contributed by atoms with Crippen molar-refractivity contribution < 1.29 is 23.8 Å². The van der Waals surface area contributed by atoms with E-state index in [1.54, 1.807) is 19.1 Å². The highest BCUT2D eigenvalue weighted by Gasteiger charge is 2.41. The lowest BCUT2D eigenvalue weighted by Gasteiger charge is -2.33. The highest BCUT2D eigenvalue weighted by Crippen LogP contribution is 2.36. The summed E-state index contributed by atoms with van der Waals surface area (Å²) in [5.41, 5.74) is 0.537. The Labute approximate surface area is 156 Å². The minimum Gasteiger partial charge on any atom is -0.481 e. The fourth-order valence-electron chi connectivity index (χ4n) is 3.36. The highest BCUT2D eigenvalue weighted by molar-refractivity contribution is 5.75. The van der Waals surface area contributed by atoms with Crippen molar-refractivity contribution in [3.63, 3.8) is 0 Å². The number of imidazole rings is 1. The molecule has 0 spiro atoms. The lowest BCUT2D eigenvalue weighted by Crippen LogP contribution is -2.42. The molecule has 2 aromatic rings. The van der Waals surface area contributed by atoms with Gasteiger partial charge < -0.3 is 24.5 Å². The molecule has 2 saturated heterocycles. The molecule has 0 aliphatic carbocycles. The predicted molar refractivity (Wildman–Crippen MR) is 95.8 cm³/mol. The summed E-state index contributed by atoms with van der Waals surface area (Å²) in [6.45, 7) is 3.48. The van der Waals surface area contributed by atoms with Gasteiger partial charge in [-0.15, -0.1) is 0 Å². The second-order valence-corrected chi connectivity index (χ2v) is 7.34. The van der Waals surface area contributed by atoms with Crippen LogP contribution in [-0.2, 0) is 14.3 Å². The average molecular weight is 375 g/mol. The molecular weight excluding hydrogens is 353 g/mol. The van der Waals surface area contributed by atoms with E-state index in [1.165, 1.54) is 12.1 Å². The average Bonchev–Trinajstić information content (AvgIpc) is 3.32. The van der Waals surface area contributed by atoms with Crippen LogP contribution in [0.4, 0.5) is 10.2 Å². The fraction of sp³-hybridized carbons (Fsp3) is 0.474. The first-order valence-corrected chi connectivity index (χ1v) is 9.04. The molecule has 8 heteroatoms. The number of nitrogens with zero attached hydrogens (tertiary/aromatic N) is 2. The van der Waals surface area contributed by atoms with Crippen molar-refractivity contribution in [1.82, 2.24) is 9.97 Å². The molecule has 4 rings (SSSR count). The Balaban J connectivity index is 1.63. The number of hydrogen-bond donors (Lipinski definition) is 2. The Morgan fingerprint density at radius 2 is 1.89 bits per heavy atom. The third-order valence-electron chi connectivity index (χ3n) is 5.09. The summed E-state index contributed by atoms with van der Waals surface area (Å²) in [7, 11) is 0. The van der Waals surface area contributed by atoms with Crippen molar-refractivity contribution in [3.05, 3.63) is 35.9 Å². The third-order valence-corrected chi connectivity index (χ3v) is 5.09. The highest BCUT2D eigenvalue weighted by atomic mass is 19.1. The van der Waals surface area contributed by atoms with Gasteiger partial charge in [-0.1, -0.05) is 0 Å². The van der Waals surface area contributed by atoms with Crippen LogP contribution in [0.2, 0.25) is 0 Å². The number of ether oxygens (including phenoxy) is 2. The van der Waals surface area contributed by atoms with E-state index in [2.05, 4.69) is 14.9 Å². The normalized spacial score (nSPS) is 25.7. The van der Waals surface area contributed by atoms with E-state index >= 15 is 0 Å². The summed E-state index contributed by atoms with van der Waals surface area (Å²) in [5.74, 6) is 0.0230. The van der Waals surface area contributed by atoms with Crippen molar-refractivity contribution in [2.45, 2.75) is 26.1 Å². The Morgan fingerprint density at radius 3 is 2.48 bits per heavy atom. The largest absolute Gasteiger partial charge is 0.481 e. The molecular formula is C19H22FN3O4. The van der Waals surface area contributed by atoms with Crippen LogP contribution in [0.5, 0.6) is 0 Å². The first-order valence-electron chi connectivity index (χ1n) is 9.04. The SMILES string of the molecule is CC1(C(=O)O)COC(c2nc(N3CCCC3)c(-c3ccc(F)cc3)[nH]2)OC1. The lowest BCUT2D eigenvalue weighted by molar-refractivity contribution is -0.236. The van der Waals surface area contributed by atoms with E-state index in [0.717, 1.165) is 43.0 Å². The first kappa shape index (κ1) is 17.9. The number of halogens is 1. The number of aromatic amines is 1. The smallest absolute Gasteiger partial charge is 0.314 e. The summed E-state index contributed by atoms with van der Waals surface area (Å²) in [6, 6.07) is 6.23. The molecule has 0 unspecified atom stereocenters. The van der Waals surface area contributed by atoms with Crippen LogP contribution in [0.1, 0.15) is 31.9 Å². The molecule has 2 aliphatic heterocycles. The molecule has 3 heterocycles. The Morgan fingerprint density at radius 1 is 1.26 bits per heavy atom. The number of carboxylic acids is 1. The van der Waals surface area contributed by atoms with E-state index in [-0.39, 0.29) is 19.0 Å². The molecule has 1 aromatic carbocycles. The zero-order valence-electron chi connectivity index (χ0n) is 15.1. The molecule has 144 valence electrons. The molecule has 2 fully saturated rings. The maximum atomic E-state index is 13.3. The van der Waals surface area contributed by atoms with E-state index in [9.17, 15) is 14.3 Å². The Hall–Kier alpha value is -2.45. The van der Waals surface area contributed by atoms with E-state index < -0.39 is 17.7 Å². The summed E-state index contributed by atoms with van der Waals surface area (Å²) in [4.78, 5) is 21.5. The van der Waals surface area contributed by atoms with Gasteiger partial charge in [0.25, 0.3) is 0 Å². The number of carbonyl (C=O) groups is 1. The topological polar surface area (TPSA) is 87.7 Å². The van der Waals surface area contributed by atoms with Gasteiger partial charge in [0.1, 0.15) is 11.2 Å². The van der Waals surface area contributed by atoms with Gasteiger partial charge in [0.05, 0.1) is 18.9 Å². The van der Waals surface area contributed by atoms with Crippen molar-refractivity contribution in [3.8, 4) is 11.3 Å². The van der Waals surface area contributed by atoms with Crippen LogP contribution in [0.25, 0.3) is 11.3 Å². The molecule has 2 N–H and O–H groups in total. The Kier molecular flexibility index (Phi) is 4.61. The number of aromatic nitrogens is 2. The first-order chi connectivity index (χ1) is 13.0. The van der Waals surface area contributed by atoms with Gasteiger partial charge in [0.15, 0.2) is 11.6 Å². The number of anilines is 1. The number of carboxylic acid groups (broad SMARTS) is 1. The van der Waals surface area contributed by atoms with Crippen LogP contribution >= 0.6 is 0 Å². The zero-order chi connectivity index (χ0) is 19.0. The molecule has 7 nitrogen and oxygen atoms in total. The molecule has 0 bridgehead atoms. The van der Waals surface area contributed by atoms with Gasteiger partial charge in [-0.3, -0.25) is 4.79 Å². The number of rotatable bonds is 4. The van der Waals surface area contributed by atoms with Crippen molar-refractivity contribution >= 4 is 11.8 Å². The molecule has 2 aliphatic rings. The second kappa shape index (κ2) is 6.94. The predicted octanol–water partition coefficient (Wildman–Crippen LogP) is 2.95. The van der Waals surface area contributed by atoms with Crippen LogP contribution in [-0.4, -0.2) is 47.3 Å². The molecule has 0 amide bonds. The summed E-state index contributed by atoms with van der Waals surface area (Å²) in [6.07, 6.45) is 1.43. The summed E-state index contributed by atoms with van der Waals surface area (Å²) >= 11 is 0. The van der Waals surface area contributed by atoms with Gasteiger partial charge in [-0.2, -0.15) is 0 Å². The fourth-order valence-corrected chi connectivity index (χ4v) is 3.36. The second-order valence-electron chi connectivity index (χ2n) is 7.34. The molecule has 0 saturated carbocycles. The summed E-state index contributed by atoms with van der Waals surface area (Å²) < 4.78 is 24.6. The minimum atomic E-state index is -1.07. The van der Waals surface area contributed by atoms with Crippen LogP contribution in [0.3, 0.4) is 0 Å². The maximum Gasteiger partial charge on any atom is 0.314 e. The maximum absolute atomic E-state index is 13.3. The quantitative estimate of drug-likeness (QED) is 0.854. The van der Waals surface area contributed by atoms with Crippen LogP contribution in [0, 0.1) is 11.2 Å². The van der Waals surface area contributed by atoms with Gasteiger partial charge in [0, 0.05) is 18.7 Å². The van der Waals surface area contributed by atoms with Crippen molar-refractivity contribution in [2.75, 3.05) is 31.2 Å². The number of aliphatic carboxylic acids is 1. The molecule has 0 radical (unpaired) electrons. The molecule has 1 aromatic heterocycles. The van der Waals surface area contributed by atoms with Gasteiger partial charge in [0.2, 0.25) is 6.29 Å². The van der Waals surface area contributed by atoms with Gasteiger partial charge in [-0.05, 0) is 44.0 Å². The standard InChI is InChI=1S/C19H22FN3O4/c1-19(18(24)25)10-26-17(27-11-19)15-21-14(12-4-6-13(20)7-5-12)16(22-15)23-8-2-3-9-23/h4-7,17H,2-3,8-11H2,1H3,(H,21,22)(H,24,25). The van der Waals surface area contributed by atoms with Gasteiger partial charge >= 0.3 is 5.97 Å². The van der Waals surface area contributed by atoms with E-state index in [0.29, 0.717) is 5.82 Å². The monoisotopic (exact) mass is 375 g/mol. The summed E-state index contributed by atoms with van der Waals surface area (Å²) in [5, 5.41) is 9.30. The molecule has 27 heavy (non-hydrogen) atoms. The minimum absolute atomic E-state index is 0.0403.